The van der Waals surface area contributed by atoms with Crippen molar-refractivity contribution in [1.82, 2.24) is 9.97 Å². The highest BCUT2D eigenvalue weighted by atomic mass is 16.5. The number of hydrogen-bond acceptors (Lipinski definition) is 5. The summed E-state index contributed by atoms with van der Waals surface area (Å²) in [5, 5.41) is 3.16. The van der Waals surface area contributed by atoms with E-state index in [1.165, 1.54) is 0 Å². The maximum absolute atomic E-state index is 5.71. The molecule has 1 unspecified atom stereocenters. The second-order valence-corrected chi connectivity index (χ2v) is 4.09. The van der Waals surface area contributed by atoms with Gasteiger partial charge < -0.3 is 14.8 Å². The van der Waals surface area contributed by atoms with Gasteiger partial charge in [-0.15, -0.1) is 0 Å². The summed E-state index contributed by atoms with van der Waals surface area (Å²) in [6, 6.07) is 1.88. The molecule has 1 fully saturated rings. The zero-order valence-corrected chi connectivity index (χ0v) is 10.2. The first-order valence-electron chi connectivity index (χ1n) is 6.13. The summed E-state index contributed by atoms with van der Waals surface area (Å²) in [6.07, 6.45) is 4.02. The molecular formula is C12H19N3O2. The monoisotopic (exact) mass is 237 g/mol. The van der Waals surface area contributed by atoms with Gasteiger partial charge in [-0.05, 0) is 18.9 Å². The Morgan fingerprint density at radius 3 is 3.29 bits per heavy atom. The van der Waals surface area contributed by atoms with Crippen molar-refractivity contribution in [2.75, 3.05) is 25.1 Å². The summed E-state index contributed by atoms with van der Waals surface area (Å²) in [5.74, 6) is 0.677. The number of anilines is 1. The van der Waals surface area contributed by atoms with Crippen LogP contribution < -0.4 is 5.32 Å². The largest absolute Gasteiger partial charge is 0.379 e. The van der Waals surface area contributed by atoms with E-state index in [1.807, 2.05) is 6.07 Å². The van der Waals surface area contributed by atoms with Crippen LogP contribution in [0, 0.1) is 0 Å². The fourth-order valence-corrected chi connectivity index (χ4v) is 1.65. The lowest BCUT2D eigenvalue weighted by Crippen LogP contribution is -2.13. The third-order valence-electron chi connectivity index (χ3n) is 2.60. The Kier molecular flexibility index (Phi) is 4.70. The first-order chi connectivity index (χ1) is 8.38. The molecule has 1 aromatic rings. The molecule has 0 bridgehead atoms. The van der Waals surface area contributed by atoms with E-state index in [-0.39, 0.29) is 6.10 Å². The number of aromatic nitrogens is 2. The quantitative estimate of drug-likeness (QED) is 0.814. The van der Waals surface area contributed by atoms with Crippen molar-refractivity contribution in [3.05, 3.63) is 18.0 Å². The van der Waals surface area contributed by atoms with Crippen molar-refractivity contribution in [2.45, 2.75) is 32.5 Å². The summed E-state index contributed by atoms with van der Waals surface area (Å²) >= 11 is 0. The van der Waals surface area contributed by atoms with E-state index in [0.29, 0.717) is 19.2 Å². The summed E-state index contributed by atoms with van der Waals surface area (Å²) < 4.78 is 11.0. The number of hydrogen-bond donors (Lipinski definition) is 1. The summed E-state index contributed by atoms with van der Waals surface area (Å²) in [4.78, 5) is 8.54. The molecule has 1 saturated heterocycles. The van der Waals surface area contributed by atoms with Crippen LogP contribution in [-0.2, 0) is 16.1 Å². The minimum absolute atomic E-state index is 0.219. The molecule has 2 rings (SSSR count). The van der Waals surface area contributed by atoms with Crippen LogP contribution >= 0.6 is 0 Å². The van der Waals surface area contributed by atoms with E-state index in [9.17, 15) is 0 Å². The van der Waals surface area contributed by atoms with Crippen molar-refractivity contribution in [1.29, 1.82) is 0 Å². The summed E-state index contributed by atoms with van der Waals surface area (Å²) in [6.45, 7) is 5.03. The Morgan fingerprint density at radius 1 is 1.59 bits per heavy atom. The molecule has 1 N–H and O–H groups in total. The van der Waals surface area contributed by atoms with Crippen LogP contribution in [-0.4, -0.2) is 35.8 Å². The van der Waals surface area contributed by atoms with Crippen molar-refractivity contribution < 1.29 is 9.47 Å². The predicted octanol–water partition coefficient (Wildman–Crippen LogP) is 1.60. The van der Waals surface area contributed by atoms with Gasteiger partial charge in [0.2, 0.25) is 5.95 Å². The predicted molar refractivity (Wildman–Crippen MR) is 64.8 cm³/mol. The number of nitrogens with zero attached hydrogens (tertiary/aromatic N) is 2. The Bertz CT molecular complexity index is 340. The van der Waals surface area contributed by atoms with Gasteiger partial charge in [-0.3, -0.25) is 0 Å². The number of rotatable bonds is 6. The molecule has 1 aliphatic heterocycles. The van der Waals surface area contributed by atoms with Crippen LogP contribution in [0.25, 0.3) is 0 Å². The van der Waals surface area contributed by atoms with Crippen LogP contribution in [0.15, 0.2) is 12.3 Å². The fourth-order valence-electron chi connectivity index (χ4n) is 1.65. The molecule has 0 aliphatic carbocycles. The molecule has 2 heterocycles. The van der Waals surface area contributed by atoms with E-state index in [2.05, 4.69) is 22.2 Å². The lowest BCUT2D eigenvalue weighted by Gasteiger charge is -2.10. The van der Waals surface area contributed by atoms with Crippen molar-refractivity contribution >= 4 is 5.95 Å². The molecule has 1 aliphatic rings. The van der Waals surface area contributed by atoms with Gasteiger partial charge in [0.15, 0.2) is 0 Å². The molecule has 1 aromatic heterocycles. The van der Waals surface area contributed by atoms with Gasteiger partial charge in [0.25, 0.3) is 0 Å². The van der Waals surface area contributed by atoms with Crippen LogP contribution in [0.1, 0.15) is 25.5 Å². The molecule has 0 spiro atoms. The van der Waals surface area contributed by atoms with E-state index >= 15 is 0 Å². The van der Waals surface area contributed by atoms with Gasteiger partial charge in [0, 0.05) is 19.3 Å². The summed E-state index contributed by atoms with van der Waals surface area (Å²) in [7, 11) is 0. The lowest BCUT2D eigenvalue weighted by atomic mass is 10.3. The topological polar surface area (TPSA) is 56.3 Å². The van der Waals surface area contributed by atoms with Crippen molar-refractivity contribution in [2.24, 2.45) is 0 Å². The van der Waals surface area contributed by atoms with E-state index in [1.54, 1.807) is 6.20 Å². The van der Waals surface area contributed by atoms with Gasteiger partial charge in [0.1, 0.15) is 0 Å². The fraction of sp³-hybridized carbons (Fsp3) is 0.667. The first-order valence-corrected chi connectivity index (χ1v) is 6.13. The Balaban J connectivity index is 1.82. The SMILES string of the molecule is CCCNc1nccc(COC2CCOC2)n1. The van der Waals surface area contributed by atoms with Gasteiger partial charge in [-0.2, -0.15) is 0 Å². The highest BCUT2D eigenvalue weighted by Crippen LogP contribution is 2.11. The molecule has 0 amide bonds. The Labute approximate surface area is 102 Å². The van der Waals surface area contributed by atoms with Gasteiger partial charge in [-0.25, -0.2) is 9.97 Å². The van der Waals surface area contributed by atoms with Gasteiger partial charge in [0.05, 0.1) is 25.0 Å². The van der Waals surface area contributed by atoms with Crippen molar-refractivity contribution in [3.8, 4) is 0 Å². The number of nitrogens with one attached hydrogen (secondary N) is 1. The first kappa shape index (κ1) is 12.3. The molecule has 0 radical (unpaired) electrons. The smallest absolute Gasteiger partial charge is 0.222 e. The van der Waals surface area contributed by atoms with E-state index in [4.69, 9.17) is 9.47 Å². The normalized spacial score (nSPS) is 19.5. The molecule has 17 heavy (non-hydrogen) atoms. The second-order valence-electron chi connectivity index (χ2n) is 4.09. The standard InChI is InChI=1S/C12H19N3O2/c1-2-5-13-12-14-6-3-10(15-12)8-17-11-4-7-16-9-11/h3,6,11H,2,4-5,7-9H2,1H3,(H,13,14,15). The molecule has 94 valence electrons. The molecule has 1 atom stereocenters. The maximum Gasteiger partial charge on any atom is 0.222 e. The zero-order valence-electron chi connectivity index (χ0n) is 10.2. The Morgan fingerprint density at radius 2 is 2.53 bits per heavy atom. The number of ether oxygens (including phenoxy) is 2. The Hall–Kier alpha value is -1.20. The zero-order chi connectivity index (χ0) is 11.9. The average molecular weight is 237 g/mol. The molecule has 5 heteroatoms. The van der Waals surface area contributed by atoms with Crippen LogP contribution in [0.3, 0.4) is 0 Å². The molecule has 5 nitrogen and oxygen atoms in total. The average Bonchev–Trinajstić information content (AvgIpc) is 2.87. The summed E-state index contributed by atoms with van der Waals surface area (Å²) in [5.41, 5.74) is 0.908. The molecular weight excluding hydrogens is 218 g/mol. The van der Waals surface area contributed by atoms with E-state index in [0.717, 1.165) is 31.7 Å². The lowest BCUT2D eigenvalue weighted by molar-refractivity contribution is 0.0301. The molecule has 0 saturated carbocycles. The van der Waals surface area contributed by atoms with Gasteiger partial charge in [-0.1, -0.05) is 6.92 Å². The van der Waals surface area contributed by atoms with E-state index < -0.39 is 0 Å². The third kappa shape index (κ3) is 3.94. The van der Waals surface area contributed by atoms with Crippen molar-refractivity contribution in [3.63, 3.8) is 0 Å². The minimum atomic E-state index is 0.219. The molecule has 0 aromatic carbocycles. The highest BCUT2D eigenvalue weighted by molar-refractivity contribution is 5.24. The maximum atomic E-state index is 5.71. The van der Waals surface area contributed by atoms with Crippen LogP contribution in [0.5, 0.6) is 0 Å². The van der Waals surface area contributed by atoms with Gasteiger partial charge >= 0.3 is 0 Å². The minimum Gasteiger partial charge on any atom is -0.379 e. The van der Waals surface area contributed by atoms with Crippen LogP contribution in [0.4, 0.5) is 5.95 Å². The third-order valence-corrected chi connectivity index (χ3v) is 2.60. The highest BCUT2D eigenvalue weighted by Gasteiger charge is 2.16. The van der Waals surface area contributed by atoms with Crippen LogP contribution in [0.2, 0.25) is 0 Å². The second kappa shape index (κ2) is 6.51.